The molecule has 18 heavy (non-hydrogen) atoms. The first-order valence-corrected chi connectivity index (χ1v) is 7.78. The van der Waals surface area contributed by atoms with Crippen molar-refractivity contribution < 1.29 is 4.79 Å². The number of aryl methyl sites for hydroxylation is 1. The Labute approximate surface area is 127 Å². The first kappa shape index (κ1) is 14.1. The maximum absolute atomic E-state index is 12.1. The molecule has 1 saturated carbocycles. The third-order valence-electron chi connectivity index (χ3n) is 3.53. The van der Waals surface area contributed by atoms with Crippen LogP contribution in [0.1, 0.15) is 35.2 Å². The Bertz CT molecular complexity index is 449. The molecule has 1 aliphatic rings. The van der Waals surface area contributed by atoms with Gasteiger partial charge in [0.1, 0.15) is 0 Å². The topological polar surface area (TPSA) is 29.1 Å². The summed E-state index contributed by atoms with van der Waals surface area (Å²) < 4.78 is 1.03. The molecule has 0 radical (unpaired) electrons. The summed E-state index contributed by atoms with van der Waals surface area (Å²) in [5.74, 6) is 0.442. The SMILES string of the molecule is Cc1cccc(C(=O)NCC2CCCC2Cl)c1I. The van der Waals surface area contributed by atoms with Crippen LogP contribution in [0.25, 0.3) is 0 Å². The molecule has 1 aliphatic carbocycles. The van der Waals surface area contributed by atoms with Crippen molar-refractivity contribution >= 4 is 40.1 Å². The van der Waals surface area contributed by atoms with E-state index in [0.717, 1.165) is 27.5 Å². The molecule has 0 spiro atoms. The van der Waals surface area contributed by atoms with Gasteiger partial charge in [-0.05, 0) is 59.9 Å². The van der Waals surface area contributed by atoms with E-state index in [9.17, 15) is 4.79 Å². The van der Waals surface area contributed by atoms with Crippen molar-refractivity contribution in [2.24, 2.45) is 5.92 Å². The summed E-state index contributed by atoms with van der Waals surface area (Å²) in [6.07, 6.45) is 3.38. The molecule has 0 bridgehead atoms. The van der Waals surface area contributed by atoms with Gasteiger partial charge in [-0.25, -0.2) is 0 Å². The van der Waals surface area contributed by atoms with Crippen molar-refractivity contribution in [3.05, 3.63) is 32.9 Å². The van der Waals surface area contributed by atoms with Crippen LogP contribution in [-0.4, -0.2) is 17.8 Å². The zero-order valence-corrected chi connectivity index (χ0v) is 13.3. The molecule has 0 saturated heterocycles. The second kappa shape index (κ2) is 6.24. The Balaban J connectivity index is 1.97. The number of carbonyl (C=O) groups is 1. The maximum Gasteiger partial charge on any atom is 0.252 e. The van der Waals surface area contributed by atoms with Gasteiger partial charge in [0.25, 0.3) is 5.91 Å². The highest BCUT2D eigenvalue weighted by Gasteiger charge is 2.25. The molecule has 1 amide bonds. The van der Waals surface area contributed by atoms with Gasteiger partial charge in [-0.2, -0.15) is 0 Å². The molecule has 1 N–H and O–H groups in total. The fourth-order valence-corrected chi connectivity index (χ4v) is 3.34. The van der Waals surface area contributed by atoms with Gasteiger partial charge in [0, 0.05) is 15.5 Å². The highest BCUT2D eigenvalue weighted by Crippen LogP contribution is 2.29. The largest absolute Gasteiger partial charge is 0.352 e. The van der Waals surface area contributed by atoms with Gasteiger partial charge in [0.05, 0.1) is 5.56 Å². The molecule has 1 aromatic rings. The van der Waals surface area contributed by atoms with E-state index in [0.29, 0.717) is 12.5 Å². The van der Waals surface area contributed by atoms with E-state index < -0.39 is 0 Å². The van der Waals surface area contributed by atoms with Crippen molar-refractivity contribution in [2.45, 2.75) is 31.6 Å². The summed E-state index contributed by atoms with van der Waals surface area (Å²) >= 11 is 8.44. The number of hydrogen-bond acceptors (Lipinski definition) is 1. The Morgan fingerprint density at radius 1 is 1.50 bits per heavy atom. The Morgan fingerprint density at radius 3 is 2.94 bits per heavy atom. The highest BCUT2D eigenvalue weighted by atomic mass is 127. The fraction of sp³-hybridized carbons (Fsp3) is 0.500. The molecule has 2 unspecified atom stereocenters. The maximum atomic E-state index is 12.1. The zero-order valence-electron chi connectivity index (χ0n) is 10.4. The summed E-state index contributed by atoms with van der Waals surface area (Å²) in [6.45, 7) is 2.71. The second-order valence-corrected chi connectivity index (χ2v) is 6.49. The monoisotopic (exact) mass is 377 g/mol. The summed E-state index contributed by atoms with van der Waals surface area (Å²) in [5, 5.41) is 3.24. The lowest BCUT2D eigenvalue weighted by Gasteiger charge is -2.15. The van der Waals surface area contributed by atoms with Gasteiger partial charge in [-0.15, -0.1) is 11.6 Å². The number of benzene rings is 1. The summed E-state index contributed by atoms with van der Waals surface area (Å²) in [5.41, 5.74) is 1.90. The van der Waals surface area contributed by atoms with Crippen LogP contribution in [0.2, 0.25) is 0 Å². The molecule has 1 fully saturated rings. The van der Waals surface area contributed by atoms with Crippen molar-refractivity contribution in [1.82, 2.24) is 5.32 Å². The molecule has 4 heteroatoms. The lowest BCUT2D eigenvalue weighted by molar-refractivity contribution is 0.0946. The molecule has 0 aromatic heterocycles. The van der Waals surface area contributed by atoms with Gasteiger partial charge >= 0.3 is 0 Å². The minimum atomic E-state index is 0.0128. The molecule has 2 rings (SSSR count). The average Bonchev–Trinajstić information content (AvgIpc) is 2.75. The number of hydrogen-bond donors (Lipinski definition) is 1. The van der Waals surface area contributed by atoms with Gasteiger partial charge in [0.2, 0.25) is 0 Å². The van der Waals surface area contributed by atoms with Crippen molar-refractivity contribution in [3.8, 4) is 0 Å². The number of nitrogens with one attached hydrogen (secondary N) is 1. The molecule has 0 heterocycles. The number of alkyl halides is 1. The molecule has 2 atom stereocenters. The number of amides is 1. The highest BCUT2D eigenvalue weighted by molar-refractivity contribution is 14.1. The van der Waals surface area contributed by atoms with Gasteiger partial charge < -0.3 is 5.32 Å². The van der Waals surface area contributed by atoms with Gasteiger partial charge in [-0.1, -0.05) is 18.6 Å². The minimum Gasteiger partial charge on any atom is -0.352 e. The van der Waals surface area contributed by atoms with Crippen LogP contribution in [0.4, 0.5) is 0 Å². The first-order chi connectivity index (χ1) is 8.59. The van der Waals surface area contributed by atoms with Crippen molar-refractivity contribution in [1.29, 1.82) is 0 Å². The van der Waals surface area contributed by atoms with Gasteiger partial charge in [-0.3, -0.25) is 4.79 Å². The van der Waals surface area contributed by atoms with Crippen LogP contribution >= 0.6 is 34.2 Å². The van der Waals surface area contributed by atoms with Gasteiger partial charge in [0.15, 0.2) is 0 Å². The lowest BCUT2D eigenvalue weighted by Crippen LogP contribution is -2.31. The second-order valence-electron chi connectivity index (χ2n) is 4.85. The van der Waals surface area contributed by atoms with Crippen molar-refractivity contribution in [2.75, 3.05) is 6.54 Å². The Morgan fingerprint density at radius 2 is 2.28 bits per heavy atom. The molecule has 0 aliphatic heterocycles. The summed E-state index contributed by atoms with van der Waals surface area (Å²) in [4.78, 5) is 12.1. The Kier molecular flexibility index (Phi) is 4.90. The predicted molar refractivity (Wildman–Crippen MR) is 83.2 cm³/mol. The van der Waals surface area contributed by atoms with E-state index in [1.807, 2.05) is 25.1 Å². The zero-order chi connectivity index (χ0) is 13.1. The van der Waals surface area contributed by atoms with E-state index in [-0.39, 0.29) is 11.3 Å². The van der Waals surface area contributed by atoms with Crippen molar-refractivity contribution in [3.63, 3.8) is 0 Å². The number of carbonyl (C=O) groups excluding carboxylic acids is 1. The third-order valence-corrected chi connectivity index (χ3v) is 5.53. The quantitative estimate of drug-likeness (QED) is 0.631. The van der Waals surface area contributed by atoms with E-state index in [1.54, 1.807) is 0 Å². The molecule has 98 valence electrons. The summed E-state index contributed by atoms with van der Waals surface area (Å²) in [6, 6.07) is 5.81. The Hall–Kier alpha value is -0.290. The molecular weight excluding hydrogens is 361 g/mol. The standard InChI is InChI=1S/C14H17ClINO/c1-9-4-2-6-11(13(9)16)14(18)17-8-10-5-3-7-12(10)15/h2,4,6,10,12H,3,5,7-8H2,1H3,(H,17,18). The average molecular weight is 378 g/mol. The molecule has 2 nitrogen and oxygen atoms in total. The smallest absolute Gasteiger partial charge is 0.252 e. The fourth-order valence-electron chi connectivity index (χ4n) is 2.36. The van der Waals surface area contributed by atoms with E-state index >= 15 is 0 Å². The predicted octanol–water partition coefficient (Wildman–Crippen LogP) is 3.74. The van der Waals surface area contributed by atoms with E-state index in [4.69, 9.17) is 11.6 Å². The summed E-state index contributed by atoms with van der Waals surface area (Å²) in [7, 11) is 0. The normalized spacial score (nSPS) is 23.1. The minimum absolute atomic E-state index is 0.0128. The van der Waals surface area contributed by atoms with Crippen LogP contribution in [0.5, 0.6) is 0 Å². The number of rotatable bonds is 3. The van der Waals surface area contributed by atoms with Crippen LogP contribution < -0.4 is 5.32 Å². The lowest BCUT2D eigenvalue weighted by atomic mass is 10.1. The van der Waals surface area contributed by atoms with Crippen LogP contribution in [0.3, 0.4) is 0 Å². The first-order valence-electron chi connectivity index (χ1n) is 6.27. The van der Waals surface area contributed by atoms with E-state index in [1.165, 1.54) is 6.42 Å². The van der Waals surface area contributed by atoms with Crippen LogP contribution in [-0.2, 0) is 0 Å². The van der Waals surface area contributed by atoms with Crippen LogP contribution in [0.15, 0.2) is 18.2 Å². The molecular formula is C14H17ClINO. The van der Waals surface area contributed by atoms with E-state index in [2.05, 4.69) is 27.9 Å². The third kappa shape index (κ3) is 3.18. The van der Waals surface area contributed by atoms with Crippen LogP contribution in [0, 0.1) is 16.4 Å². The number of halogens is 2. The molecule has 1 aromatic carbocycles.